The fourth-order valence-electron chi connectivity index (χ4n) is 3.97. The van der Waals surface area contributed by atoms with Crippen molar-refractivity contribution in [3.63, 3.8) is 0 Å². The van der Waals surface area contributed by atoms with E-state index >= 15 is 0 Å². The van der Waals surface area contributed by atoms with Gasteiger partial charge in [-0.15, -0.1) is 16.4 Å². The SMILES string of the molecule is N#Cc1ccc(CNC(=O)c2cn(-c3ccc4c(c3)C(=O)N(C3CCC(=O)NC3=O)C4)nn2)s1. The lowest BCUT2D eigenvalue weighted by atomic mass is 10.0. The van der Waals surface area contributed by atoms with Gasteiger partial charge in [-0.05, 0) is 36.2 Å². The van der Waals surface area contributed by atoms with Crippen LogP contribution in [0.4, 0.5) is 0 Å². The van der Waals surface area contributed by atoms with Crippen LogP contribution in [-0.2, 0) is 22.7 Å². The summed E-state index contributed by atoms with van der Waals surface area (Å²) in [5.41, 5.74) is 1.86. The summed E-state index contributed by atoms with van der Waals surface area (Å²) in [6, 6.07) is 10.0. The van der Waals surface area contributed by atoms with Gasteiger partial charge in [0.05, 0.1) is 18.4 Å². The van der Waals surface area contributed by atoms with E-state index in [0.717, 1.165) is 10.4 Å². The molecule has 1 fully saturated rings. The monoisotopic (exact) mass is 475 g/mol. The fourth-order valence-corrected chi connectivity index (χ4v) is 4.71. The van der Waals surface area contributed by atoms with E-state index in [1.165, 1.54) is 27.1 Å². The van der Waals surface area contributed by atoms with Crippen LogP contribution >= 0.6 is 11.3 Å². The van der Waals surface area contributed by atoms with Gasteiger partial charge in [0.2, 0.25) is 11.8 Å². The number of thiophene rings is 1. The number of imide groups is 1. The van der Waals surface area contributed by atoms with Crippen LogP contribution in [0.25, 0.3) is 5.69 Å². The second kappa shape index (κ2) is 8.53. The standard InChI is InChI=1S/C22H17N7O4S/c23-8-14-3-4-15(34-14)9-24-20(31)17-11-29(27-26-17)13-2-1-12-10-28(22(33)16(12)7-13)18-5-6-19(30)25-21(18)32/h1-4,7,11,18H,5-6,9-10H2,(H,24,31)(H,25,30,32). The lowest BCUT2D eigenvalue weighted by Crippen LogP contribution is -2.52. The first kappa shape index (κ1) is 21.5. The van der Waals surface area contributed by atoms with Crippen molar-refractivity contribution >= 4 is 35.0 Å². The highest BCUT2D eigenvalue weighted by Crippen LogP contribution is 2.29. The number of amides is 4. The minimum atomic E-state index is -0.685. The van der Waals surface area contributed by atoms with E-state index in [2.05, 4.69) is 27.0 Å². The molecule has 3 aromatic rings. The van der Waals surface area contributed by atoms with Gasteiger partial charge in [0.1, 0.15) is 17.0 Å². The van der Waals surface area contributed by atoms with Crippen molar-refractivity contribution in [3.05, 3.63) is 63.1 Å². The first-order valence-electron chi connectivity index (χ1n) is 10.4. The number of rotatable bonds is 5. The topological polar surface area (TPSA) is 150 Å². The van der Waals surface area contributed by atoms with E-state index in [4.69, 9.17) is 5.26 Å². The number of carbonyl (C=O) groups is 4. The number of benzene rings is 1. The van der Waals surface area contributed by atoms with E-state index in [-0.39, 0.29) is 37.0 Å². The van der Waals surface area contributed by atoms with Gasteiger partial charge in [0.25, 0.3) is 11.8 Å². The number of hydrogen-bond donors (Lipinski definition) is 2. The molecule has 2 aromatic heterocycles. The van der Waals surface area contributed by atoms with Gasteiger partial charge in [0, 0.05) is 23.4 Å². The molecule has 2 aliphatic heterocycles. The van der Waals surface area contributed by atoms with Crippen molar-refractivity contribution in [2.75, 3.05) is 0 Å². The van der Waals surface area contributed by atoms with Crippen molar-refractivity contribution in [2.45, 2.75) is 32.0 Å². The number of piperidine rings is 1. The Morgan fingerprint density at radius 1 is 1.26 bits per heavy atom. The van der Waals surface area contributed by atoms with E-state index in [1.54, 1.807) is 30.3 Å². The molecule has 2 aliphatic rings. The number of nitrogens with one attached hydrogen (secondary N) is 2. The molecule has 0 spiro atoms. The molecule has 0 saturated carbocycles. The van der Waals surface area contributed by atoms with Crippen molar-refractivity contribution in [1.82, 2.24) is 30.5 Å². The van der Waals surface area contributed by atoms with Crippen molar-refractivity contribution in [3.8, 4) is 11.8 Å². The van der Waals surface area contributed by atoms with Crippen molar-refractivity contribution < 1.29 is 19.2 Å². The lowest BCUT2D eigenvalue weighted by molar-refractivity contribution is -0.136. The number of fused-ring (bicyclic) bond motifs is 1. The maximum absolute atomic E-state index is 13.0. The van der Waals surface area contributed by atoms with E-state index in [9.17, 15) is 19.2 Å². The molecule has 1 atom stereocenters. The molecule has 4 heterocycles. The van der Waals surface area contributed by atoms with Crippen LogP contribution in [0.1, 0.15) is 49.0 Å². The maximum atomic E-state index is 13.0. The Labute approximate surface area is 197 Å². The molecular formula is C22H17N7O4S. The highest BCUT2D eigenvalue weighted by atomic mass is 32.1. The van der Waals surface area contributed by atoms with Crippen LogP contribution in [0, 0.1) is 11.3 Å². The average molecular weight is 475 g/mol. The fraction of sp³-hybridized carbons (Fsp3) is 0.227. The highest BCUT2D eigenvalue weighted by molar-refractivity contribution is 7.12. The molecule has 2 N–H and O–H groups in total. The summed E-state index contributed by atoms with van der Waals surface area (Å²) in [4.78, 5) is 51.9. The van der Waals surface area contributed by atoms with Crippen LogP contribution in [0.2, 0.25) is 0 Å². The van der Waals surface area contributed by atoms with Gasteiger partial charge in [-0.25, -0.2) is 4.68 Å². The van der Waals surface area contributed by atoms with Crippen molar-refractivity contribution in [2.24, 2.45) is 0 Å². The zero-order valence-electron chi connectivity index (χ0n) is 17.6. The molecule has 34 heavy (non-hydrogen) atoms. The van der Waals surface area contributed by atoms with Gasteiger partial charge in [0.15, 0.2) is 5.69 Å². The summed E-state index contributed by atoms with van der Waals surface area (Å²) in [5, 5.41) is 21.8. The van der Waals surface area contributed by atoms with Crippen LogP contribution in [0.3, 0.4) is 0 Å². The molecule has 1 saturated heterocycles. The predicted octanol–water partition coefficient (Wildman–Crippen LogP) is 0.891. The number of nitriles is 1. The molecule has 0 aliphatic carbocycles. The second-order valence-electron chi connectivity index (χ2n) is 7.85. The number of aromatic nitrogens is 3. The van der Waals surface area contributed by atoms with Crippen LogP contribution in [-0.4, -0.2) is 49.6 Å². The third-order valence-corrected chi connectivity index (χ3v) is 6.69. The average Bonchev–Trinajstić information content (AvgIpc) is 3.57. The van der Waals surface area contributed by atoms with Crippen molar-refractivity contribution in [1.29, 1.82) is 5.26 Å². The van der Waals surface area contributed by atoms with Gasteiger partial charge in [-0.2, -0.15) is 5.26 Å². The second-order valence-corrected chi connectivity index (χ2v) is 9.02. The molecule has 4 amide bonds. The Balaban J connectivity index is 1.29. The largest absolute Gasteiger partial charge is 0.346 e. The Hall–Kier alpha value is -4.37. The van der Waals surface area contributed by atoms with Gasteiger partial charge < -0.3 is 10.2 Å². The minimum Gasteiger partial charge on any atom is -0.346 e. The predicted molar refractivity (Wildman–Crippen MR) is 118 cm³/mol. The lowest BCUT2D eigenvalue weighted by Gasteiger charge is -2.29. The summed E-state index contributed by atoms with van der Waals surface area (Å²) in [6.45, 7) is 0.545. The number of nitrogens with zero attached hydrogens (tertiary/aromatic N) is 5. The Morgan fingerprint density at radius 3 is 2.88 bits per heavy atom. The van der Waals surface area contributed by atoms with Gasteiger partial charge in [-0.3, -0.25) is 24.5 Å². The summed E-state index contributed by atoms with van der Waals surface area (Å²) >= 11 is 1.30. The number of hydrogen-bond acceptors (Lipinski definition) is 8. The zero-order valence-corrected chi connectivity index (χ0v) is 18.5. The molecule has 11 nitrogen and oxygen atoms in total. The minimum absolute atomic E-state index is 0.106. The van der Waals surface area contributed by atoms with Gasteiger partial charge >= 0.3 is 0 Å². The summed E-state index contributed by atoms with van der Waals surface area (Å²) in [7, 11) is 0. The first-order valence-corrected chi connectivity index (χ1v) is 11.2. The van der Waals surface area contributed by atoms with Crippen LogP contribution in [0.15, 0.2) is 36.5 Å². The molecular weight excluding hydrogens is 458 g/mol. The van der Waals surface area contributed by atoms with Gasteiger partial charge in [-0.1, -0.05) is 11.3 Å². The van der Waals surface area contributed by atoms with Crippen LogP contribution in [0.5, 0.6) is 0 Å². The summed E-state index contributed by atoms with van der Waals surface area (Å²) in [5.74, 6) is -1.51. The first-order chi connectivity index (χ1) is 16.4. The van der Waals surface area contributed by atoms with Crippen LogP contribution < -0.4 is 10.6 Å². The molecule has 0 radical (unpaired) electrons. The highest BCUT2D eigenvalue weighted by Gasteiger charge is 2.39. The summed E-state index contributed by atoms with van der Waals surface area (Å²) in [6.07, 6.45) is 1.95. The smallest absolute Gasteiger partial charge is 0.273 e. The molecule has 0 bridgehead atoms. The molecule has 12 heteroatoms. The Morgan fingerprint density at radius 2 is 2.12 bits per heavy atom. The maximum Gasteiger partial charge on any atom is 0.273 e. The van der Waals surface area contributed by atoms with E-state index in [1.807, 2.05) is 0 Å². The normalized spacial score (nSPS) is 17.3. The zero-order chi connectivity index (χ0) is 23.8. The molecule has 1 unspecified atom stereocenters. The van der Waals surface area contributed by atoms with E-state index in [0.29, 0.717) is 22.5 Å². The molecule has 170 valence electrons. The molecule has 1 aromatic carbocycles. The molecule has 5 rings (SSSR count). The number of carbonyl (C=O) groups excluding carboxylic acids is 4. The summed E-state index contributed by atoms with van der Waals surface area (Å²) < 4.78 is 1.40. The Bertz CT molecular complexity index is 1390. The Kier molecular flexibility index (Phi) is 5.39. The third-order valence-electron chi connectivity index (χ3n) is 5.70. The van der Waals surface area contributed by atoms with E-state index < -0.39 is 17.9 Å². The third kappa shape index (κ3) is 3.93. The quantitative estimate of drug-likeness (QED) is 0.520.